The first-order valence-electron chi connectivity index (χ1n) is 8.24. The predicted molar refractivity (Wildman–Crippen MR) is 95.6 cm³/mol. The van der Waals surface area contributed by atoms with Crippen molar-refractivity contribution in [3.63, 3.8) is 0 Å². The van der Waals surface area contributed by atoms with Crippen LogP contribution in [0.1, 0.15) is 41.4 Å². The van der Waals surface area contributed by atoms with E-state index in [0.29, 0.717) is 11.9 Å². The standard InChI is InChI=1S/C16H20F3N5O3S/c1-10(2)14-12(15(25)20-6-7-23-28(3,26)27)9-22-24(14)13-5-4-11(8-21-13)16(17,18)19/h4-5,8-10,23H,6-7H2,1-3H3,(H,20,25). The van der Waals surface area contributed by atoms with Gasteiger partial charge in [0.1, 0.15) is 0 Å². The van der Waals surface area contributed by atoms with Crippen molar-refractivity contribution >= 4 is 15.9 Å². The number of hydrogen-bond donors (Lipinski definition) is 2. The van der Waals surface area contributed by atoms with Crippen molar-refractivity contribution in [3.8, 4) is 5.82 Å². The van der Waals surface area contributed by atoms with Crippen molar-refractivity contribution < 1.29 is 26.4 Å². The predicted octanol–water partition coefficient (Wildman–Crippen LogP) is 1.69. The molecular formula is C16H20F3N5O3S. The topological polar surface area (TPSA) is 106 Å². The van der Waals surface area contributed by atoms with Crippen LogP contribution in [0, 0.1) is 0 Å². The van der Waals surface area contributed by atoms with Crippen LogP contribution in [0.15, 0.2) is 24.5 Å². The van der Waals surface area contributed by atoms with Crippen LogP contribution in [0.4, 0.5) is 13.2 Å². The highest BCUT2D eigenvalue weighted by atomic mass is 32.2. The first kappa shape index (κ1) is 21.8. The van der Waals surface area contributed by atoms with Crippen molar-refractivity contribution in [2.45, 2.75) is 25.9 Å². The summed E-state index contributed by atoms with van der Waals surface area (Å²) < 4.78 is 63.7. The number of amides is 1. The van der Waals surface area contributed by atoms with Gasteiger partial charge in [0.25, 0.3) is 5.91 Å². The van der Waals surface area contributed by atoms with Crippen molar-refractivity contribution in [1.29, 1.82) is 0 Å². The molecular weight excluding hydrogens is 399 g/mol. The van der Waals surface area contributed by atoms with Gasteiger partial charge in [0.15, 0.2) is 5.82 Å². The molecule has 28 heavy (non-hydrogen) atoms. The summed E-state index contributed by atoms with van der Waals surface area (Å²) in [6.45, 7) is 3.70. The van der Waals surface area contributed by atoms with Crippen LogP contribution in [-0.4, -0.2) is 48.4 Å². The van der Waals surface area contributed by atoms with Gasteiger partial charge in [0, 0.05) is 19.3 Å². The first-order chi connectivity index (χ1) is 12.9. The molecule has 0 saturated carbocycles. The number of nitrogens with zero attached hydrogens (tertiary/aromatic N) is 3. The van der Waals surface area contributed by atoms with Crippen LogP contribution in [0.2, 0.25) is 0 Å². The Labute approximate surface area is 160 Å². The number of alkyl halides is 3. The fourth-order valence-electron chi connectivity index (χ4n) is 2.46. The Morgan fingerprint density at radius 1 is 1.21 bits per heavy atom. The van der Waals surface area contributed by atoms with E-state index in [1.54, 1.807) is 13.8 Å². The molecule has 0 bridgehead atoms. The molecule has 1 amide bonds. The summed E-state index contributed by atoms with van der Waals surface area (Å²) in [6, 6.07) is 2.07. The van der Waals surface area contributed by atoms with Crippen molar-refractivity contribution in [1.82, 2.24) is 24.8 Å². The minimum absolute atomic E-state index is 0.0240. The second kappa shape index (κ2) is 8.27. The molecule has 0 aliphatic carbocycles. The van der Waals surface area contributed by atoms with Crippen molar-refractivity contribution in [3.05, 3.63) is 41.3 Å². The number of rotatable bonds is 7. The Balaban J connectivity index is 2.22. The maximum atomic E-state index is 12.7. The summed E-state index contributed by atoms with van der Waals surface area (Å²) in [5.74, 6) is -0.506. The van der Waals surface area contributed by atoms with E-state index in [0.717, 1.165) is 12.3 Å². The quantitative estimate of drug-likeness (QED) is 0.665. The Bertz CT molecular complexity index is 937. The molecule has 0 radical (unpaired) electrons. The van der Waals surface area contributed by atoms with Gasteiger partial charge in [-0.15, -0.1) is 0 Å². The number of pyridine rings is 1. The van der Waals surface area contributed by atoms with Gasteiger partial charge in [-0.1, -0.05) is 13.8 Å². The van der Waals surface area contributed by atoms with E-state index in [2.05, 4.69) is 20.1 Å². The highest BCUT2D eigenvalue weighted by Gasteiger charge is 2.31. The molecule has 12 heteroatoms. The van der Waals surface area contributed by atoms with Gasteiger partial charge in [-0.3, -0.25) is 4.79 Å². The third-order valence-corrected chi connectivity index (χ3v) is 4.39. The van der Waals surface area contributed by atoms with Gasteiger partial charge in [-0.25, -0.2) is 22.8 Å². The SMILES string of the molecule is CC(C)c1c(C(=O)NCCNS(C)(=O)=O)cnn1-c1ccc(C(F)(F)F)cn1. The Morgan fingerprint density at radius 3 is 2.39 bits per heavy atom. The second-order valence-corrected chi connectivity index (χ2v) is 8.17. The van der Waals surface area contributed by atoms with Crippen LogP contribution in [0.3, 0.4) is 0 Å². The Morgan fingerprint density at radius 2 is 1.89 bits per heavy atom. The minimum Gasteiger partial charge on any atom is -0.351 e. The number of nitrogens with one attached hydrogen (secondary N) is 2. The maximum absolute atomic E-state index is 12.7. The number of hydrogen-bond acceptors (Lipinski definition) is 5. The molecule has 0 saturated heterocycles. The zero-order valence-corrected chi connectivity index (χ0v) is 16.2. The molecule has 0 spiro atoms. The van der Waals surface area contributed by atoms with E-state index in [-0.39, 0.29) is 30.4 Å². The fourth-order valence-corrected chi connectivity index (χ4v) is 2.93. The van der Waals surface area contributed by atoms with Gasteiger partial charge >= 0.3 is 6.18 Å². The van der Waals surface area contributed by atoms with Gasteiger partial charge in [0.2, 0.25) is 10.0 Å². The molecule has 8 nitrogen and oxygen atoms in total. The number of carbonyl (C=O) groups is 1. The highest BCUT2D eigenvalue weighted by molar-refractivity contribution is 7.88. The molecule has 2 aromatic rings. The van der Waals surface area contributed by atoms with Crippen LogP contribution in [0.25, 0.3) is 5.82 Å². The molecule has 2 rings (SSSR count). The molecule has 2 N–H and O–H groups in total. The Hall–Kier alpha value is -2.47. The second-order valence-electron chi connectivity index (χ2n) is 6.34. The molecule has 2 aromatic heterocycles. The highest BCUT2D eigenvalue weighted by Crippen LogP contribution is 2.29. The number of sulfonamides is 1. The van der Waals surface area contributed by atoms with Crippen molar-refractivity contribution in [2.75, 3.05) is 19.3 Å². The number of aromatic nitrogens is 3. The smallest absolute Gasteiger partial charge is 0.351 e. The summed E-state index contributed by atoms with van der Waals surface area (Å²) in [4.78, 5) is 16.2. The number of halogens is 3. The van der Waals surface area contributed by atoms with Gasteiger partial charge < -0.3 is 5.32 Å². The monoisotopic (exact) mass is 419 g/mol. The maximum Gasteiger partial charge on any atom is 0.417 e. The lowest BCUT2D eigenvalue weighted by Gasteiger charge is -2.13. The van der Waals surface area contributed by atoms with E-state index in [9.17, 15) is 26.4 Å². The van der Waals surface area contributed by atoms with Gasteiger partial charge in [-0.2, -0.15) is 18.3 Å². The molecule has 0 fully saturated rings. The molecule has 0 unspecified atom stereocenters. The summed E-state index contributed by atoms with van der Waals surface area (Å²) in [5.41, 5.74) is -0.178. The molecule has 0 atom stereocenters. The minimum atomic E-state index is -4.50. The van der Waals surface area contributed by atoms with Gasteiger partial charge in [-0.05, 0) is 18.1 Å². The van der Waals surface area contributed by atoms with E-state index in [1.165, 1.54) is 16.9 Å². The normalized spacial score (nSPS) is 12.4. The third kappa shape index (κ3) is 5.52. The molecule has 0 aliphatic heterocycles. The number of carbonyl (C=O) groups excluding carboxylic acids is 1. The summed E-state index contributed by atoms with van der Waals surface area (Å²) >= 11 is 0. The lowest BCUT2D eigenvalue weighted by Crippen LogP contribution is -2.34. The third-order valence-electron chi connectivity index (χ3n) is 3.66. The first-order valence-corrected chi connectivity index (χ1v) is 10.1. The van der Waals surface area contributed by atoms with E-state index in [4.69, 9.17) is 0 Å². The van der Waals surface area contributed by atoms with Crippen LogP contribution in [-0.2, 0) is 16.2 Å². The van der Waals surface area contributed by atoms with Crippen LogP contribution < -0.4 is 10.0 Å². The molecule has 2 heterocycles. The van der Waals surface area contributed by atoms with Crippen molar-refractivity contribution in [2.24, 2.45) is 0 Å². The lowest BCUT2D eigenvalue weighted by molar-refractivity contribution is -0.137. The van der Waals surface area contributed by atoms with E-state index < -0.39 is 27.7 Å². The summed E-state index contributed by atoms with van der Waals surface area (Å²) in [7, 11) is -3.36. The molecule has 0 aromatic carbocycles. The lowest BCUT2D eigenvalue weighted by atomic mass is 10.1. The zero-order valence-electron chi connectivity index (χ0n) is 15.4. The average molecular weight is 419 g/mol. The van der Waals surface area contributed by atoms with E-state index in [1.807, 2.05) is 0 Å². The summed E-state index contributed by atoms with van der Waals surface area (Å²) in [5, 5.41) is 6.66. The van der Waals surface area contributed by atoms with Gasteiger partial charge in [0.05, 0.1) is 29.3 Å². The van der Waals surface area contributed by atoms with Crippen LogP contribution >= 0.6 is 0 Å². The van der Waals surface area contributed by atoms with E-state index >= 15 is 0 Å². The largest absolute Gasteiger partial charge is 0.417 e. The van der Waals surface area contributed by atoms with Crippen LogP contribution in [0.5, 0.6) is 0 Å². The molecule has 0 aliphatic rings. The molecule has 154 valence electrons. The Kier molecular flexibility index (Phi) is 6.44. The fraction of sp³-hybridized carbons (Fsp3) is 0.438. The summed E-state index contributed by atoms with van der Waals surface area (Å²) in [6.07, 6.45) is -1.49. The zero-order chi connectivity index (χ0) is 21.1. The average Bonchev–Trinajstić information content (AvgIpc) is 3.02.